The Hall–Kier alpha value is -3.25. The molecule has 3 aromatic rings. The lowest BCUT2D eigenvalue weighted by atomic mass is 10.1. The monoisotopic (exact) mass is 405 g/mol. The maximum absolute atomic E-state index is 13.4. The third-order valence-corrected chi connectivity index (χ3v) is 5.00. The van der Waals surface area contributed by atoms with Gasteiger partial charge in [0.25, 0.3) is 5.91 Å². The Labute approximate surface area is 176 Å². The lowest BCUT2D eigenvalue weighted by Gasteiger charge is -2.20. The van der Waals surface area contributed by atoms with Gasteiger partial charge < -0.3 is 9.67 Å². The molecule has 1 aromatic heterocycles. The quantitative estimate of drug-likeness (QED) is 0.652. The van der Waals surface area contributed by atoms with Crippen LogP contribution in [0.25, 0.3) is 11.4 Å². The lowest BCUT2D eigenvalue weighted by molar-refractivity contribution is -0.126. The van der Waals surface area contributed by atoms with E-state index in [1.54, 1.807) is 6.92 Å². The SMILES string of the molecule is CC(=O)N(CCCO)C(=O)c1c(C)nc(-c2ccc(C)cc2)n1Cc1ccccc1. The highest BCUT2D eigenvalue weighted by Crippen LogP contribution is 2.25. The maximum Gasteiger partial charge on any atom is 0.279 e. The zero-order valence-corrected chi connectivity index (χ0v) is 17.6. The number of nitrogens with zero attached hydrogens (tertiary/aromatic N) is 3. The lowest BCUT2D eigenvalue weighted by Crippen LogP contribution is -2.38. The Morgan fingerprint density at radius 2 is 1.70 bits per heavy atom. The molecule has 0 saturated carbocycles. The summed E-state index contributed by atoms with van der Waals surface area (Å²) in [5, 5.41) is 9.16. The average Bonchev–Trinajstić information content (AvgIpc) is 3.05. The highest BCUT2D eigenvalue weighted by molar-refractivity contribution is 6.04. The zero-order valence-electron chi connectivity index (χ0n) is 17.6. The van der Waals surface area contributed by atoms with E-state index in [9.17, 15) is 9.59 Å². The largest absolute Gasteiger partial charge is 0.396 e. The van der Waals surface area contributed by atoms with Crippen LogP contribution in [0.5, 0.6) is 0 Å². The molecule has 0 aliphatic rings. The predicted octanol–water partition coefficient (Wildman–Crippen LogP) is 3.59. The van der Waals surface area contributed by atoms with Gasteiger partial charge in [0, 0.05) is 32.2 Å². The summed E-state index contributed by atoms with van der Waals surface area (Å²) in [4.78, 5) is 31.4. The van der Waals surface area contributed by atoms with E-state index >= 15 is 0 Å². The molecule has 3 rings (SSSR count). The van der Waals surface area contributed by atoms with Crippen molar-refractivity contribution in [3.8, 4) is 11.4 Å². The standard InChI is InChI=1S/C24H27N3O3/c1-17-10-12-21(13-11-17)23-25-18(2)22(24(30)26(19(3)29)14-7-15-28)27(23)16-20-8-5-4-6-9-20/h4-6,8-13,28H,7,14-16H2,1-3H3. The number of carbonyl (C=O) groups excluding carboxylic acids is 2. The van der Waals surface area contributed by atoms with Crippen LogP contribution in [-0.4, -0.2) is 44.5 Å². The fourth-order valence-electron chi connectivity index (χ4n) is 3.45. The van der Waals surface area contributed by atoms with Gasteiger partial charge in [0.15, 0.2) is 0 Å². The molecule has 0 saturated heterocycles. The van der Waals surface area contributed by atoms with Gasteiger partial charge >= 0.3 is 0 Å². The van der Waals surface area contributed by atoms with Crippen molar-refractivity contribution in [3.05, 3.63) is 77.1 Å². The van der Waals surface area contributed by atoms with E-state index in [1.807, 2.05) is 66.1 Å². The van der Waals surface area contributed by atoms with Crippen LogP contribution in [0.3, 0.4) is 0 Å². The number of carbonyl (C=O) groups is 2. The number of aryl methyl sites for hydroxylation is 2. The van der Waals surface area contributed by atoms with Crippen LogP contribution >= 0.6 is 0 Å². The molecular weight excluding hydrogens is 378 g/mol. The predicted molar refractivity (Wildman–Crippen MR) is 116 cm³/mol. The molecule has 0 atom stereocenters. The molecule has 0 fully saturated rings. The van der Waals surface area contributed by atoms with E-state index < -0.39 is 5.91 Å². The first-order chi connectivity index (χ1) is 14.4. The van der Waals surface area contributed by atoms with Crippen molar-refractivity contribution in [2.45, 2.75) is 33.7 Å². The van der Waals surface area contributed by atoms with Crippen molar-refractivity contribution in [1.82, 2.24) is 14.5 Å². The Morgan fingerprint density at radius 1 is 1.03 bits per heavy atom. The van der Waals surface area contributed by atoms with Gasteiger partial charge in [0.1, 0.15) is 11.5 Å². The van der Waals surface area contributed by atoms with Crippen molar-refractivity contribution < 1.29 is 14.7 Å². The summed E-state index contributed by atoms with van der Waals surface area (Å²) in [6, 6.07) is 17.8. The molecule has 156 valence electrons. The summed E-state index contributed by atoms with van der Waals surface area (Å²) in [5.74, 6) is -0.0576. The number of aliphatic hydroxyl groups is 1. The van der Waals surface area contributed by atoms with E-state index in [2.05, 4.69) is 0 Å². The Morgan fingerprint density at radius 3 is 2.30 bits per heavy atom. The van der Waals surface area contributed by atoms with Crippen molar-refractivity contribution in [3.63, 3.8) is 0 Å². The first-order valence-electron chi connectivity index (χ1n) is 10.0. The van der Waals surface area contributed by atoms with Gasteiger partial charge in [-0.3, -0.25) is 14.5 Å². The zero-order chi connectivity index (χ0) is 21.7. The van der Waals surface area contributed by atoms with Crippen LogP contribution in [-0.2, 0) is 11.3 Å². The van der Waals surface area contributed by atoms with Crippen molar-refractivity contribution in [2.24, 2.45) is 0 Å². The number of amides is 2. The first-order valence-corrected chi connectivity index (χ1v) is 10.0. The minimum Gasteiger partial charge on any atom is -0.396 e. The minimum atomic E-state index is -0.393. The second kappa shape index (κ2) is 9.50. The fraction of sp³-hybridized carbons (Fsp3) is 0.292. The summed E-state index contributed by atoms with van der Waals surface area (Å²) >= 11 is 0. The molecule has 0 bridgehead atoms. The van der Waals surface area contributed by atoms with Crippen molar-refractivity contribution in [2.75, 3.05) is 13.2 Å². The topological polar surface area (TPSA) is 75.4 Å². The van der Waals surface area contributed by atoms with Crippen LogP contribution in [0, 0.1) is 13.8 Å². The Balaban J connectivity index is 2.12. The highest BCUT2D eigenvalue weighted by atomic mass is 16.3. The molecule has 1 heterocycles. The van der Waals surface area contributed by atoms with Crippen LogP contribution < -0.4 is 0 Å². The molecule has 6 heteroatoms. The summed E-state index contributed by atoms with van der Waals surface area (Å²) < 4.78 is 1.88. The first kappa shape index (κ1) is 21.5. The van der Waals surface area contributed by atoms with Gasteiger partial charge in [-0.25, -0.2) is 4.98 Å². The van der Waals surface area contributed by atoms with Gasteiger partial charge in [-0.15, -0.1) is 0 Å². The van der Waals surface area contributed by atoms with Crippen molar-refractivity contribution >= 4 is 11.8 Å². The summed E-state index contributed by atoms with van der Waals surface area (Å²) in [6.45, 7) is 5.71. The number of benzene rings is 2. The summed E-state index contributed by atoms with van der Waals surface area (Å²) in [6.07, 6.45) is 0.335. The molecular formula is C24H27N3O3. The third kappa shape index (κ3) is 4.66. The van der Waals surface area contributed by atoms with Crippen LogP contribution in [0.2, 0.25) is 0 Å². The van der Waals surface area contributed by atoms with Gasteiger partial charge in [-0.05, 0) is 25.8 Å². The van der Waals surface area contributed by atoms with Crippen LogP contribution in [0.4, 0.5) is 0 Å². The number of rotatable bonds is 7. The fourth-order valence-corrected chi connectivity index (χ4v) is 3.45. The Kier molecular flexibility index (Phi) is 6.79. The van der Waals surface area contributed by atoms with E-state index in [1.165, 1.54) is 11.8 Å². The average molecular weight is 405 g/mol. The third-order valence-electron chi connectivity index (χ3n) is 5.00. The second-order valence-electron chi connectivity index (χ2n) is 7.36. The maximum atomic E-state index is 13.4. The van der Waals surface area contributed by atoms with Crippen LogP contribution in [0.15, 0.2) is 54.6 Å². The summed E-state index contributed by atoms with van der Waals surface area (Å²) in [5.41, 5.74) is 4.04. The van der Waals surface area contributed by atoms with E-state index in [4.69, 9.17) is 10.1 Å². The van der Waals surface area contributed by atoms with E-state index in [0.717, 1.165) is 16.7 Å². The number of hydrogen-bond acceptors (Lipinski definition) is 4. The number of imide groups is 1. The van der Waals surface area contributed by atoms with Crippen molar-refractivity contribution in [1.29, 1.82) is 0 Å². The van der Waals surface area contributed by atoms with Gasteiger partial charge in [-0.2, -0.15) is 0 Å². The van der Waals surface area contributed by atoms with Gasteiger partial charge in [0.2, 0.25) is 5.91 Å². The number of hydrogen-bond donors (Lipinski definition) is 1. The van der Waals surface area contributed by atoms with Crippen LogP contribution in [0.1, 0.15) is 40.7 Å². The Bertz CT molecular complexity index is 1020. The van der Waals surface area contributed by atoms with Gasteiger partial charge in [0.05, 0.1) is 5.69 Å². The molecule has 30 heavy (non-hydrogen) atoms. The number of aromatic nitrogens is 2. The molecule has 6 nitrogen and oxygen atoms in total. The molecule has 2 amide bonds. The molecule has 0 radical (unpaired) electrons. The van der Waals surface area contributed by atoms with E-state index in [0.29, 0.717) is 30.2 Å². The molecule has 1 N–H and O–H groups in total. The molecule has 0 spiro atoms. The molecule has 0 unspecified atom stereocenters. The number of imidazole rings is 1. The molecule has 0 aliphatic carbocycles. The normalized spacial score (nSPS) is 10.8. The summed E-state index contributed by atoms with van der Waals surface area (Å²) in [7, 11) is 0. The smallest absolute Gasteiger partial charge is 0.279 e. The molecule has 0 aliphatic heterocycles. The van der Waals surface area contributed by atoms with Gasteiger partial charge in [-0.1, -0.05) is 60.2 Å². The highest BCUT2D eigenvalue weighted by Gasteiger charge is 2.27. The number of aliphatic hydroxyl groups excluding tert-OH is 1. The van der Waals surface area contributed by atoms with E-state index in [-0.39, 0.29) is 19.1 Å². The minimum absolute atomic E-state index is 0.0893. The second-order valence-corrected chi connectivity index (χ2v) is 7.36. The molecule has 2 aromatic carbocycles.